The van der Waals surface area contributed by atoms with E-state index < -0.39 is 23.0 Å². The molecular formula is C10H7F3N4S. The molecule has 0 bridgehead atoms. The first-order chi connectivity index (χ1) is 8.58. The van der Waals surface area contributed by atoms with E-state index in [4.69, 9.17) is 5.73 Å². The van der Waals surface area contributed by atoms with Gasteiger partial charge in [0.2, 0.25) is 5.13 Å². The summed E-state index contributed by atoms with van der Waals surface area (Å²) in [4.78, 5) is 3.81. The van der Waals surface area contributed by atoms with Crippen molar-refractivity contribution in [1.82, 2.24) is 4.98 Å². The van der Waals surface area contributed by atoms with Crippen LogP contribution in [0.2, 0.25) is 0 Å². The molecule has 0 amide bonds. The Labute approximate surface area is 104 Å². The molecule has 0 radical (unpaired) electrons. The maximum Gasteiger partial charge on any atom is 0.205 e. The third kappa shape index (κ3) is 2.59. The van der Waals surface area contributed by atoms with E-state index >= 15 is 0 Å². The number of nitrogens with one attached hydrogen (secondary N) is 1. The Balaban J connectivity index is 2.16. The van der Waals surface area contributed by atoms with Gasteiger partial charge in [0.05, 0.1) is 11.8 Å². The Morgan fingerprint density at radius 1 is 1.28 bits per heavy atom. The molecule has 0 unspecified atom stereocenters. The summed E-state index contributed by atoms with van der Waals surface area (Å²) in [5.41, 5.74) is 7.23. The van der Waals surface area contributed by atoms with Crippen LogP contribution >= 0.6 is 11.3 Å². The molecule has 0 fully saturated rings. The second kappa shape index (κ2) is 5.05. The highest BCUT2D eigenvalue weighted by atomic mass is 32.1. The molecule has 0 saturated carbocycles. The van der Waals surface area contributed by atoms with Crippen LogP contribution in [-0.4, -0.2) is 11.2 Å². The summed E-state index contributed by atoms with van der Waals surface area (Å²) in [6.45, 7) is 0. The second-order valence-corrected chi connectivity index (χ2v) is 4.06. The average molecular weight is 272 g/mol. The molecule has 1 heterocycles. The van der Waals surface area contributed by atoms with Gasteiger partial charge in [-0.25, -0.2) is 18.2 Å². The fourth-order valence-electron chi connectivity index (χ4n) is 1.15. The Morgan fingerprint density at radius 2 is 2.00 bits per heavy atom. The monoisotopic (exact) mass is 272 g/mol. The Kier molecular flexibility index (Phi) is 3.47. The van der Waals surface area contributed by atoms with Gasteiger partial charge in [0, 0.05) is 5.38 Å². The number of aromatic nitrogens is 1. The summed E-state index contributed by atoms with van der Waals surface area (Å²) in [5, 5.41) is 5.49. The Bertz CT molecular complexity index is 597. The standard InChI is InChI=1S/C10H7F3N4S/c11-6-1-2-7(12)9(13)5(6)3-15-17-10-16-8(14)4-18-10/h1-4H,14H2,(H,16,17). The number of thiazole rings is 1. The van der Waals surface area contributed by atoms with Crippen LogP contribution in [0.25, 0.3) is 0 Å². The third-order valence-electron chi connectivity index (χ3n) is 1.96. The summed E-state index contributed by atoms with van der Waals surface area (Å²) < 4.78 is 39.3. The maximum absolute atomic E-state index is 13.2. The number of hydrogen-bond acceptors (Lipinski definition) is 5. The topological polar surface area (TPSA) is 63.3 Å². The van der Waals surface area contributed by atoms with Crippen LogP contribution in [0.15, 0.2) is 22.6 Å². The van der Waals surface area contributed by atoms with E-state index in [1.807, 2.05) is 0 Å². The van der Waals surface area contributed by atoms with Crippen LogP contribution in [0.5, 0.6) is 0 Å². The van der Waals surface area contributed by atoms with E-state index in [9.17, 15) is 13.2 Å². The third-order valence-corrected chi connectivity index (χ3v) is 2.72. The SMILES string of the molecule is Nc1csc(NN=Cc2c(F)ccc(F)c2F)n1. The molecule has 0 saturated heterocycles. The van der Waals surface area contributed by atoms with Crippen LogP contribution in [0.3, 0.4) is 0 Å². The van der Waals surface area contributed by atoms with E-state index in [2.05, 4.69) is 15.5 Å². The van der Waals surface area contributed by atoms with Crippen LogP contribution in [0.1, 0.15) is 5.56 Å². The highest BCUT2D eigenvalue weighted by molar-refractivity contribution is 7.14. The molecule has 4 nitrogen and oxygen atoms in total. The van der Waals surface area contributed by atoms with Gasteiger partial charge in [-0.1, -0.05) is 0 Å². The minimum atomic E-state index is -1.29. The summed E-state index contributed by atoms with van der Waals surface area (Å²) in [6.07, 6.45) is 0.839. The first kappa shape index (κ1) is 12.4. The lowest BCUT2D eigenvalue weighted by Crippen LogP contribution is -1.99. The Morgan fingerprint density at radius 3 is 2.67 bits per heavy atom. The van der Waals surface area contributed by atoms with Crippen molar-refractivity contribution in [3.8, 4) is 0 Å². The smallest absolute Gasteiger partial charge is 0.205 e. The summed E-state index contributed by atoms with van der Waals surface area (Å²) in [6, 6.07) is 1.53. The van der Waals surface area contributed by atoms with E-state index in [0.717, 1.165) is 12.3 Å². The minimum absolute atomic E-state index is 0.306. The van der Waals surface area contributed by atoms with Crippen molar-refractivity contribution < 1.29 is 13.2 Å². The molecule has 1 aromatic carbocycles. The highest BCUT2D eigenvalue weighted by Crippen LogP contribution is 2.17. The summed E-state index contributed by atoms with van der Waals surface area (Å²) in [7, 11) is 0. The maximum atomic E-state index is 13.2. The second-order valence-electron chi connectivity index (χ2n) is 3.20. The van der Waals surface area contributed by atoms with Crippen molar-refractivity contribution in [1.29, 1.82) is 0 Å². The van der Waals surface area contributed by atoms with Crippen molar-refractivity contribution in [2.45, 2.75) is 0 Å². The number of nitrogen functional groups attached to an aromatic ring is 1. The highest BCUT2D eigenvalue weighted by Gasteiger charge is 2.11. The van der Waals surface area contributed by atoms with Gasteiger partial charge >= 0.3 is 0 Å². The van der Waals surface area contributed by atoms with Gasteiger partial charge in [-0.15, -0.1) is 11.3 Å². The van der Waals surface area contributed by atoms with Crippen LogP contribution < -0.4 is 11.2 Å². The lowest BCUT2D eigenvalue weighted by atomic mass is 10.2. The van der Waals surface area contributed by atoms with E-state index in [1.165, 1.54) is 11.3 Å². The van der Waals surface area contributed by atoms with E-state index in [0.29, 0.717) is 17.0 Å². The van der Waals surface area contributed by atoms with Crippen LogP contribution in [0.4, 0.5) is 24.1 Å². The van der Waals surface area contributed by atoms with E-state index in [-0.39, 0.29) is 0 Å². The largest absolute Gasteiger partial charge is 0.383 e. The van der Waals surface area contributed by atoms with Crippen molar-refractivity contribution in [3.63, 3.8) is 0 Å². The molecule has 0 aliphatic heterocycles. The van der Waals surface area contributed by atoms with Gasteiger partial charge in [-0.2, -0.15) is 5.10 Å². The molecule has 0 aliphatic carbocycles. The fourth-order valence-corrected chi connectivity index (χ4v) is 1.70. The zero-order chi connectivity index (χ0) is 13.1. The predicted molar refractivity (Wildman–Crippen MR) is 64.1 cm³/mol. The number of hydrazone groups is 1. The fraction of sp³-hybridized carbons (Fsp3) is 0. The van der Waals surface area contributed by atoms with Gasteiger partial charge in [0.25, 0.3) is 0 Å². The lowest BCUT2D eigenvalue weighted by molar-refractivity contribution is 0.493. The lowest BCUT2D eigenvalue weighted by Gasteiger charge is -1.99. The molecule has 3 N–H and O–H groups in total. The van der Waals surface area contributed by atoms with E-state index in [1.54, 1.807) is 5.38 Å². The molecule has 2 rings (SSSR count). The first-order valence-electron chi connectivity index (χ1n) is 4.71. The quantitative estimate of drug-likeness (QED) is 0.513. The van der Waals surface area contributed by atoms with Gasteiger partial charge in [0.1, 0.15) is 11.6 Å². The van der Waals surface area contributed by atoms with Crippen molar-refractivity contribution in [3.05, 3.63) is 40.5 Å². The number of nitrogens with zero attached hydrogens (tertiary/aromatic N) is 2. The molecule has 8 heteroatoms. The van der Waals surface area contributed by atoms with Crippen molar-refractivity contribution in [2.24, 2.45) is 5.10 Å². The number of anilines is 2. The average Bonchev–Trinajstić information content (AvgIpc) is 2.74. The minimum Gasteiger partial charge on any atom is -0.383 e. The number of benzene rings is 1. The number of hydrogen-bond donors (Lipinski definition) is 2. The van der Waals surface area contributed by atoms with Gasteiger partial charge in [-0.3, -0.25) is 5.43 Å². The van der Waals surface area contributed by atoms with Crippen molar-refractivity contribution in [2.75, 3.05) is 11.2 Å². The molecule has 0 aliphatic rings. The number of rotatable bonds is 3. The molecule has 0 atom stereocenters. The van der Waals surface area contributed by atoms with Crippen molar-refractivity contribution >= 4 is 28.5 Å². The summed E-state index contributed by atoms with van der Waals surface area (Å²) in [5.74, 6) is -3.03. The van der Waals surface area contributed by atoms with Gasteiger partial charge in [-0.05, 0) is 12.1 Å². The normalized spacial score (nSPS) is 11.1. The zero-order valence-corrected chi connectivity index (χ0v) is 9.64. The molecule has 18 heavy (non-hydrogen) atoms. The molecular weight excluding hydrogens is 265 g/mol. The Hall–Kier alpha value is -2.09. The predicted octanol–water partition coefficient (Wildman–Crippen LogP) is 2.59. The van der Waals surface area contributed by atoms with Gasteiger partial charge < -0.3 is 5.73 Å². The molecule has 1 aromatic heterocycles. The molecule has 2 aromatic rings. The zero-order valence-electron chi connectivity index (χ0n) is 8.82. The number of halogens is 3. The molecule has 0 spiro atoms. The molecule has 94 valence electrons. The summed E-state index contributed by atoms with van der Waals surface area (Å²) >= 11 is 1.17. The first-order valence-corrected chi connectivity index (χ1v) is 5.59. The number of nitrogens with two attached hydrogens (primary N) is 1. The van der Waals surface area contributed by atoms with Gasteiger partial charge in [0.15, 0.2) is 11.6 Å². The van der Waals surface area contributed by atoms with Crippen LogP contribution in [-0.2, 0) is 0 Å². The van der Waals surface area contributed by atoms with Crippen LogP contribution in [0, 0.1) is 17.5 Å².